The van der Waals surface area contributed by atoms with E-state index in [-0.39, 0.29) is 11.1 Å². The molecular formula is C22H21F3N4O3. The van der Waals surface area contributed by atoms with Gasteiger partial charge < -0.3 is 15.0 Å². The number of hydrogen-bond donors (Lipinski definition) is 1. The molecule has 1 spiro atoms. The summed E-state index contributed by atoms with van der Waals surface area (Å²) in [6.07, 6.45) is 0.718. The predicted molar refractivity (Wildman–Crippen MR) is 110 cm³/mol. The van der Waals surface area contributed by atoms with Gasteiger partial charge in [0.25, 0.3) is 5.91 Å². The molecule has 4 rings (SSSR count). The van der Waals surface area contributed by atoms with E-state index in [1.54, 1.807) is 25.1 Å². The van der Waals surface area contributed by atoms with E-state index in [0.29, 0.717) is 24.3 Å². The van der Waals surface area contributed by atoms with Crippen molar-refractivity contribution in [2.24, 2.45) is 0 Å². The third-order valence-electron chi connectivity index (χ3n) is 5.61. The second-order valence-corrected chi connectivity index (χ2v) is 7.62. The summed E-state index contributed by atoms with van der Waals surface area (Å²) >= 11 is 0. The maximum Gasteiger partial charge on any atom is 0.435 e. The first-order chi connectivity index (χ1) is 15.1. The summed E-state index contributed by atoms with van der Waals surface area (Å²) in [5.41, 5.74) is -0.743. The van der Waals surface area contributed by atoms with Gasteiger partial charge in [-0.3, -0.25) is 4.79 Å². The molecule has 1 aromatic heterocycles. The third kappa shape index (κ3) is 3.88. The zero-order valence-corrected chi connectivity index (χ0v) is 17.4. The Bertz CT molecular complexity index is 1120. The Labute approximate surface area is 182 Å². The Hall–Kier alpha value is -3.56. The van der Waals surface area contributed by atoms with Crippen molar-refractivity contribution in [2.45, 2.75) is 32.0 Å². The highest BCUT2D eigenvalue weighted by molar-refractivity contribution is 6.13. The molecule has 0 aliphatic carbocycles. The molecule has 0 saturated heterocycles. The van der Waals surface area contributed by atoms with Crippen LogP contribution in [0, 0.1) is 0 Å². The van der Waals surface area contributed by atoms with Crippen molar-refractivity contribution in [1.82, 2.24) is 14.7 Å². The van der Waals surface area contributed by atoms with Gasteiger partial charge in [-0.1, -0.05) is 0 Å². The molecule has 32 heavy (non-hydrogen) atoms. The van der Waals surface area contributed by atoms with E-state index < -0.39 is 29.3 Å². The molecule has 1 atom stereocenters. The lowest BCUT2D eigenvalue weighted by molar-refractivity contribution is -0.145. The Balaban J connectivity index is 1.53. The fraction of sp³-hybridized carbons (Fsp3) is 0.318. The summed E-state index contributed by atoms with van der Waals surface area (Å²) in [4.78, 5) is 27.4. The highest BCUT2D eigenvalue weighted by atomic mass is 19.4. The molecule has 0 saturated carbocycles. The number of hydrogen-bond acceptors (Lipinski definition) is 5. The molecule has 0 radical (unpaired) electrons. The van der Waals surface area contributed by atoms with Crippen molar-refractivity contribution in [3.63, 3.8) is 0 Å². The van der Waals surface area contributed by atoms with Crippen LogP contribution >= 0.6 is 0 Å². The summed E-state index contributed by atoms with van der Waals surface area (Å²) in [7, 11) is 0. The van der Waals surface area contributed by atoms with E-state index in [9.17, 15) is 22.8 Å². The number of amides is 1. The normalized spacial score (nSPS) is 20.8. The van der Waals surface area contributed by atoms with Crippen LogP contribution in [-0.4, -0.2) is 45.2 Å². The Morgan fingerprint density at radius 3 is 2.53 bits per heavy atom. The Kier molecular flexibility index (Phi) is 5.31. The number of anilines is 1. The maximum atomic E-state index is 13.1. The number of benzene rings is 1. The fourth-order valence-electron chi connectivity index (χ4n) is 3.84. The zero-order chi connectivity index (χ0) is 23.1. The van der Waals surface area contributed by atoms with E-state index >= 15 is 0 Å². The second-order valence-electron chi connectivity index (χ2n) is 7.62. The first kappa shape index (κ1) is 21.7. The van der Waals surface area contributed by atoms with Gasteiger partial charge in [0.15, 0.2) is 11.3 Å². The summed E-state index contributed by atoms with van der Waals surface area (Å²) in [5.74, 6) is -0.992. The molecule has 1 N–H and O–H groups in total. The second kappa shape index (κ2) is 7.85. The molecule has 1 aromatic carbocycles. The van der Waals surface area contributed by atoms with Crippen LogP contribution in [0.1, 0.15) is 26.0 Å². The van der Waals surface area contributed by atoms with Crippen molar-refractivity contribution >= 4 is 17.6 Å². The number of nitrogens with zero attached hydrogens (tertiary/aromatic N) is 3. The van der Waals surface area contributed by atoms with E-state index in [1.165, 1.54) is 18.3 Å². The molecular weight excluding hydrogens is 425 g/mol. The van der Waals surface area contributed by atoms with Gasteiger partial charge >= 0.3 is 12.1 Å². The van der Waals surface area contributed by atoms with Crippen molar-refractivity contribution in [1.29, 1.82) is 0 Å². The summed E-state index contributed by atoms with van der Waals surface area (Å²) in [6.45, 7) is 5.01. The number of rotatable bonds is 4. The quantitative estimate of drug-likeness (QED) is 0.726. The molecule has 0 fully saturated rings. The van der Waals surface area contributed by atoms with E-state index in [4.69, 9.17) is 4.74 Å². The number of carbonyl (C=O) groups excluding carboxylic acids is 2. The third-order valence-corrected chi connectivity index (χ3v) is 5.61. The van der Waals surface area contributed by atoms with Gasteiger partial charge in [0.1, 0.15) is 0 Å². The van der Waals surface area contributed by atoms with E-state index in [2.05, 4.69) is 15.3 Å². The lowest BCUT2D eigenvalue weighted by atomic mass is 9.86. The van der Waals surface area contributed by atoms with Gasteiger partial charge in [0, 0.05) is 37.0 Å². The lowest BCUT2D eigenvalue weighted by Gasteiger charge is -2.34. The van der Waals surface area contributed by atoms with Crippen molar-refractivity contribution in [3.8, 4) is 5.69 Å². The molecule has 168 valence electrons. The van der Waals surface area contributed by atoms with Gasteiger partial charge in [-0.2, -0.15) is 18.3 Å². The minimum atomic E-state index is -4.52. The minimum absolute atomic E-state index is 0.255. The Morgan fingerprint density at radius 1 is 1.25 bits per heavy atom. The molecule has 10 heteroatoms. The SMILES string of the molecule is CCN1C=CC2(CC1)OC(=O)C(C)=C2C(=O)Nc1ccc(-n2ccc(C(F)(F)F)n2)cc1. The van der Waals surface area contributed by atoms with Gasteiger partial charge in [0.2, 0.25) is 0 Å². The molecule has 2 aliphatic rings. The van der Waals surface area contributed by atoms with E-state index in [1.807, 2.05) is 13.1 Å². The molecule has 7 nitrogen and oxygen atoms in total. The molecule has 1 amide bonds. The minimum Gasteiger partial charge on any atom is -0.446 e. The first-order valence-electron chi connectivity index (χ1n) is 10.1. The van der Waals surface area contributed by atoms with Gasteiger partial charge in [-0.15, -0.1) is 0 Å². The number of carbonyl (C=O) groups is 2. The maximum absolute atomic E-state index is 13.1. The fourth-order valence-corrected chi connectivity index (χ4v) is 3.84. The topological polar surface area (TPSA) is 76.5 Å². The van der Waals surface area contributed by atoms with Crippen LogP contribution in [-0.2, 0) is 20.5 Å². The molecule has 1 unspecified atom stereocenters. The van der Waals surface area contributed by atoms with Crippen molar-refractivity contribution in [3.05, 3.63) is 65.6 Å². The van der Waals surface area contributed by atoms with Crippen molar-refractivity contribution < 1.29 is 27.5 Å². The predicted octanol–water partition coefficient (Wildman–Crippen LogP) is 3.68. The zero-order valence-electron chi connectivity index (χ0n) is 17.4. The molecule has 2 aromatic rings. The summed E-state index contributed by atoms with van der Waals surface area (Å²) in [6, 6.07) is 7.07. The van der Waals surface area contributed by atoms with E-state index in [0.717, 1.165) is 17.3 Å². The van der Waals surface area contributed by atoms with Crippen LogP contribution in [0.25, 0.3) is 5.69 Å². The molecule has 3 heterocycles. The number of nitrogens with one attached hydrogen (secondary N) is 1. The van der Waals surface area contributed by atoms with Crippen LogP contribution in [0.2, 0.25) is 0 Å². The number of halogens is 3. The molecule has 2 aliphatic heterocycles. The molecule has 0 bridgehead atoms. The number of ether oxygens (including phenoxy) is 1. The largest absolute Gasteiger partial charge is 0.446 e. The number of alkyl halides is 3. The lowest BCUT2D eigenvalue weighted by Crippen LogP contribution is -2.41. The smallest absolute Gasteiger partial charge is 0.435 e. The monoisotopic (exact) mass is 446 g/mol. The first-order valence-corrected chi connectivity index (χ1v) is 10.1. The number of aromatic nitrogens is 2. The highest BCUT2D eigenvalue weighted by Crippen LogP contribution is 2.39. The van der Waals surface area contributed by atoms with Gasteiger partial charge in [-0.25, -0.2) is 9.48 Å². The highest BCUT2D eigenvalue weighted by Gasteiger charge is 2.48. The van der Waals surface area contributed by atoms with Crippen LogP contribution in [0.5, 0.6) is 0 Å². The summed E-state index contributed by atoms with van der Waals surface area (Å²) in [5, 5.41) is 6.28. The van der Waals surface area contributed by atoms with Crippen molar-refractivity contribution in [2.75, 3.05) is 18.4 Å². The summed E-state index contributed by atoms with van der Waals surface area (Å²) < 4.78 is 45.0. The van der Waals surface area contributed by atoms with Crippen LogP contribution < -0.4 is 5.32 Å². The standard InChI is InChI=1S/C22H21F3N4O3/c1-3-28-12-9-21(10-13-28)18(14(2)20(31)32-21)19(30)26-15-4-6-16(7-5-15)29-11-8-17(27-29)22(23,24)25/h4-9,11-12H,3,10,13H2,1-2H3,(H,26,30). The average Bonchev–Trinajstić information content (AvgIpc) is 3.33. The van der Waals surface area contributed by atoms with Gasteiger partial charge in [0.05, 0.1) is 11.3 Å². The van der Waals surface area contributed by atoms with Crippen LogP contribution in [0.4, 0.5) is 18.9 Å². The average molecular weight is 446 g/mol. The van der Waals surface area contributed by atoms with Gasteiger partial charge in [-0.05, 0) is 56.5 Å². The Morgan fingerprint density at radius 2 is 1.97 bits per heavy atom. The van der Waals surface area contributed by atoms with Crippen LogP contribution in [0.3, 0.4) is 0 Å². The number of esters is 1. The van der Waals surface area contributed by atoms with Crippen LogP contribution in [0.15, 0.2) is 60.0 Å².